The van der Waals surface area contributed by atoms with Crippen LogP contribution in [0, 0.1) is 0 Å². The second kappa shape index (κ2) is 5.18. The first-order valence-electron chi connectivity index (χ1n) is 5.60. The summed E-state index contributed by atoms with van der Waals surface area (Å²) >= 11 is 0. The number of hydrogen-bond donors (Lipinski definition) is 1. The molecule has 16 heavy (non-hydrogen) atoms. The first-order chi connectivity index (χ1) is 7.81. The van der Waals surface area contributed by atoms with Crippen molar-refractivity contribution in [3.63, 3.8) is 0 Å². The first-order valence-corrected chi connectivity index (χ1v) is 5.60. The largest absolute Gasteiger partial charge is 0.395 e. The highest BCUT2D eigenvalue weighted by Gasteiger charge is 2.25. The number of pyridine rings is 1. The molecular weight excluding hydrogens is 204 g/mol. The van der Waals surface area contributed by atoms with Crippen molar-refractivity contribution in [1.82, 2.24) is 9.88 Å². The van der Waals surface area contributed by atoms with Crippen molar-refractivity contribution < 1.29 is 9.90 Å². The van der Waals surface area contributed by atoms with E-state index < -0.39 is 0 Å². The van der Waals surface area contributed by atoms with Crippen LogP contribution >= 0.6 is 0 Å². The lowest BCUT2D eigenvalue weighted by Gasteiger charge is -2.21. The summed E-state index contributed by atoms with van der Waals surface area (Å²) in [6.07, 6.45) is 3.66. The minimum Gasteiger partial charge on any atom is -0.395 e. The fourth-order valence-corrected chi connectivity index (χ4v) is 2.10. The minimum atomic E-state index is 0.0287. The van der Waals surface area contributed by atoms with Gasteiger partial charge < -0.3 is 5.11 Å². The van der Waals surface area contributed by atoms with Crippen molar-refractivity contribution in [3.05, 3.63) is 30.1 Å². The summed E-state index contributed by atoms with van der Waals surface area (Å²) in [7, 11) is 0. The van der Waals surface area contributed by atoms with E-state index in [1.807, 2.05) is 11.0 Å². The highest BCUT2D eigenvalue weighted by Crippen LogP contribution is 2.16. The molecular formula is C12H16N2O2. The van der Waals surface area contributed by atoms with Crippen LogP contribution in [0.3, 0.4) is 0 Å². The molecule has 0 aromatic carbocycles. The molecule has 1 saturated heterocycles. The normalized spacial score (nSPS) is 21.2. The van der Waals surface area contributed by atoms with Crippen LogP contribution in [0.2, 0.25) is 0 Å². The third-order valence-electron chi connectivity index (χ3n) is 3.01. The van der Waals surface area contributed by atoms with Gasteiger partial charge in [-0.15, -0.1) is 0 Å². The fourth-order valence-electron chi connectivity index (χ4n) is 2.10. The maximum atomic E-state index is 11.9. The lowest BCUT2D eigenvalue weighted by molar-refractivity contribution is 0.0883. The molecule has 0 aliphatic carbocycles. The number of Topliss-reactive ketones (excluding diaryl/α,β-unsaturated/α-hetero) is 1. The van der Waals surface area contributed by atoms with Gasteiger partial charge in [-0.25, -0.2) is 0 Å². The molecule has 1 aromatic rings. The van der Waals surface area contributed by atoms with Gasteiger partial charge in [-0.05, 0) is 31.5 Å². The van der Waals surface area contributed by atoms with Crippen molar-refractivity contribution >= 4 is 5.78 Å². The van der Waals surface area contributed by atoms with Gasteiger partial charge in [-0.3, -0.25) is 14.7 Å². The van der Waals surface area contributed by atoms with Crippen LogP contribution in [-0.2, 0) is 0 Å². The average Bonchev–Trinajstić information content (AvgIpc) is 2.77. The second-order valence-corrected chi connectivity index (χ2v) is 4.09. The minimum absolute atomic E-state index is 0.0287. The topological polar surface area (TPSA) is 53.4 Å². The van der Waals surface area contributed by atoms with Gasteiger partial charge in [0.1, 0.15) is 5.69 Å². The van der Waals surface area contributed by atoms with Gasteiger partial charge >= 0.3 is 0 Å². The lowest BCUT2D eigenvalue weighted by atomic mass is 10.2. The highest BCUT2D eigenvalue weighted by molar-refractivity contribution is 5.95. The Hall–Kier alpha value is -1.26. The van der Waals surface area contributed by atoms with Crippen molar-refractivity contribution in [2.45, 2.75) is 18.9 Å². The fraction of sp³-hybridized carbons (Fsp3) is 0.500. The Kier molecular flexibility index (Phi) is 3.64. The zero-order valence-corrected chi connectivity index (χ0v) is 9.17. The van der Waals surface area contributed by atoms with Gasteiger partial charge in [-0.1, -0.05) is 6.07 Å². The van der Waals surface area contributed by atoms with Crippen molar-refractivity contribution in [2.24, 2.45) is 0 Å². The van der Waals surface area contributed by atoms with E-state index in [4.69, 9.17) is 5.11 Å². The third kappa shape index (κ3) is 2.46. The van der Waals surface area contributed by atoms with Gasteiger partial charge in [0.25, 0.3) is 0 Å². The predicted molar refractivity (Wildman–Crippen MR) is 60.2 cm³/mol. The molecule has 0 spiro atoms. The Morgan fingerprint density at radius 1 is 1.56 bits per heavy atom. The molecule has 2 heterocycles. The van der Waals surface area contributed by atoms with Gasteiger partial charge in [0, 0.05) is 12.2 Å². The highest BCUT2D eigenvalue weighted by atomic mass is 16.3. The summed E-state index contributed by atoms with van der Waals surface area (Å²) in [4.78, 5) is 17.9. The van der Waals surface area contributed by atoms with Crippen LogP contribution in [0.4, 0.5) is 0 Å². The number of hydrogen-bond acceptors (Lipinski definition) is 4. The number of carbonyl (C=O) groups excluding carboxylic acids is 1. The van der Waals surface area contributed by atoms with Gasteiger partial charge in [0.05, 0.1) is 13.2 Å². The maximum Gasteiger partial charge on any atom is 0.195 e. The second-order valence-electron chi connectivity index (χ2n) is 4.09. The molecule has 2 rings (SSSR count). The number of rotatable bonds is 4. The van der Waals surface area contributed by atoms with Crippen molar-refractivity contribution in [3.8, 4) is 0 Å². The van der Waals surface area contributed by atoms with Crippen LogP contribution in [0.5, 0.6) is 0 Å². The third-order valence-corrected chi connectivity index (χ3v) is 3.01. The zero-order valence-electron chi connectivity index (χ0n) is 9.17. The van der Waals surface area contributed by atoms with E-state index in [2.05, 4.69) is 4.98 Å². The molecule has 4 heteroatoms. The van der Waals surface area contributed by atoms with Crippen molar-refractivity contribution in [1.29, 1.82) is 0 Å². The first kappa shape index (κ1) is 11.2. The number of likely N-dealkylation sites (tertiary alicyclic amines) is 1. The predicted octanol–water partition coefficient (Wildman–Crippen LogP) is 0.721. The van der Waals surface area contributed by atoms with Gasteiger partial charge in [-0.2, -0.15) is 0 Å². The lowest BCUT2D eigenvalue weighted by Crippen LogP contribution is -2.36. The van der Waals surface area contributed by atoms with E-state index in [0.717, 1.165) is 19.4 Å². The standard InChI is InChI=1S/C12H16N2O2/c15-9-10-4-3-7-14(10)8-12(16)11-5-1-2-6-13-11/h1-2,5-6,10,15H,3-4,7-9H2/t10-/m1/s1. The number of nitrogens with zero attached hydrogens (tertiary/aromatic N) is 2. The number of aliphatic hydroxyl groups is 1. The molecule has 1 aliphatic heterocycles. The Balaban J connectivity index is 1.97. The number of aliphatic hydroxyl groups excluding tert-OH is 1. The van der Waals surface area contributed by atoms with E-state index in [-0.39, 0.29) is 18.4 Å². The molecule has 4 nitrogen and oxygen atoms in total. The Morgan fingerprint density at radius 3 is 3.12 bits per heavy atom. The molecule has 1 fully saturated rings. The smallest absolute Gasteiger partial charge is 0.195 e. The van der Waals surface area contributed by atoms with E-state index in [9.17, 15) is 4.79 Å². The summed E-state index contributed by atoms with van der Waals surface area (Å²) in [6, 6.07) is 5.48. The number of ketones is 1. The van der Waals surface area contributed by atoms with E-state index in [0.29, 0.717) is 12.2 Å². The molecule has 1 aliphatic rings. The van der Waals surface area contributed by atoms with Crippen LogP contribution in [0.25, 0.3) is 0 Å². The quantitative estimate of drug-likeness (QED) is 0.760. The van der Waals surface area contributed by atoms with Gasteiger partial charge in [0.2, 0.25) is 0 Å². The molecule has 86 valence electrons. The number of aromatic nitrogens is 1. The Bertz CT molecular complexity index is 353. The Morgan fingerprint density at radius 2 is 2.44 bits per heavy atom. The van der Waals surface area contributed by atoms with Crippen LogP contribution in [0.15, 0.2) is 24.4 Å². The van der Waals surface area contributed by atoms with E-state index >= 15 is 0 Å². The van der Waals surface area contributed by atoms with Gasteiger partial charge in [0.15, 0.2) is 5.78 Å². The molecule has 0 unspecified atom stereocenters. The summed E-state index contributed by atoms with van der Waals surface area (Å²) in [5.41, 5.74) is 0.506. The molecule has 0 saturated carbocycles. The summed E-state index contributed by atoms with van der Waals surface area (Å²) in [6.45, 7) is 1.39. The van der Waals surface area contributed by atoms with Crippen LogP contribution in [0.1, 0.15) is 23.3 Å². The maximum absolute atomic E-state index is 11.9. The van der Waals surface area contributed by atoms with Crippen molar-refractivity contribution in [2.75, 3.05) is 19.7 Å². The zero-order chi connectivity index (χ0) is 11.4. The molecule has 1 atom stereocenters. The van der Waals surface area contributed by atoms with Crippen LogP contribution in [-0.4, -0.2) is 46.5 Å². The molecule has 0 radical (unpaired) electrons. The molecule has 0 bridgehead atoms. The monoisotopic (exact) mass is 220 g/mol. The van der Waals surface area contributed by atoms with E-state index in [1.165, 1.54) is 0 Å². The number of carbonyl (C=O) groups is 1. The molecule has 0 amide bonds. The molecule has 1 N–H and O–H groups in total. The Labute approximate surface area is 94.9 Å². The summed E-state index contributed by atoms with van der Waals surface area (Å²) in [5.74, 6) is 0.0287. The average molecular weight is 220 g/mol. The van der Waals surface area contributed by atoms with Crippen LogP contribution < -0.4 is 0 Å². The summed E-state index contributed by atoms with van der Waals surface area (Å²) < 4.78 is 0. The molecule has 1 aromatic heterocycles. The van der Waals surface area contributed by atoms with E-state index in [1.54, 1.807) is 18.3 Å². The SMILES string of the molecule is O=C(CN1CCC[C@@H]1CO)c1ccccn1. The summed E-state index contributed by atoms with van der Waals surface area (Å²) in [5, 5.41) is 9.15.